The molecule has 0 bridgehead atoms. The van der Waals surface area contributed by atoms with Gasteiger partial charge in [0.05, 0.1) is 5.56 Å². The Morgan fingerprint density at radius 2 is 1.18 bits per heavy atom. The molecule has 0 unspecified atom stereocenters. The van der Waals surface area contributed by atoms with Crippen molar-refractivity contribution in [1.29, 1.82) is 0 Å². The zero-order chi connectivity index (χ0) is 24.9. The number of benzene rings is 3. The van der Waals surface area contributed by atoms with Crippen molar-refractivity contribution in [2.24, 2.45) is 5.41 Å². The van der Waals surface area contributed by atoms with Gasteiger partial charge in [0.25, 0.3) is 0 Å². The maximum absolute atomic E-state index is 12.5. The summed E-state index contributed by atoms with van der Waals surface area (Å²) in [5, 5.41) is 0. The molecule has 0 radical (unpaired) electrons. The number of esters is 1. The Bertz CT molecular complexity index is 1080. The molecule has 0 heterocycles. The summed E-state index contributed by atoms with van der Waals surface area (Å²) < 4.78 is 5.56. The predicted molar refractivity (Wildman–Crippen MR) is 141 cm³/mol. The largest absolute Gasteiger partial charge is 0.457 e. The van der Waals surface area contributed by atoms with Crippen molar-refractivity contribution in [3.05, 3.63) is 105 Å². The van der Waals surface area contributed by atoms with Gasteiger partial charge in [0.1, 0.15) is 6.61 Å². The number of ether oxygens (including phenoxy) is 1. The number of carbonyl (C=O) groups is 1. The maximum Gasteiger partial charge on any atom is 0.338 e. The van der Waals surface area contributed by atoms with Crippen LogP contribution in [-0.2, 0) is 24.4 Å². The Hall–Kier alpha value is -2.91. The fraction of sp³-hybridized carbons (Fsp3) is 0.387. The smallest absolute Gasteiger partial charge is 0.338 e. The van der Waals surface area contributed by atoms with E-state index in [1.54, 1.807) is 0 Å². The van der Waals surface area contributed by atoms with Crippen LogP contribution >= 0.6 is 0 Å². The van der Waals surface area contributed by atoms with Gasteiger partial charge in [0, 0.05) is 19.6 Å². The van der Waals surface area contributed by atoms with Crippen LogP contribution in [0.25, 0.3) is 0 Å². The Morgan fingerprint density at radius 1 is 0.706 bits per heavy atom. The third-order valence-corrected chi connectivity index (χ3v) is 5.64. The second-order valence-electron chi connectivity index (χ2n) is 11.0. The van der Waals surface area contributed by atoms with Gasteiger partial charge in [-0.15, -0.1) is 0 Å². The first-order valence-corrected chi connectivity index (χ1v) is 12.1. The van der Waals surface area contributed by atoms with Crippen LogP contribution in [0.5, 0.6) is 0 Å². The second kappa shape index (κ2) is 11.0. The normalized spacial score (nSPS) is 11.6. The van der Waals surface area contributed by atoms with E-state index in [9.17, 15) is 4.79 Å². The van der Waals surface area contributed by atoms with Gasteiger partial charge >= 0.3 is 5.97 Å². The molecule has 0 aliphatic carbocycles. The average Bonchev–Trinajstić information content (AvgIpc) is 2.70. The predicted octanol–water partition coefficient (Wildman–Crippen LogP) is 7.33. The molecule has 0 aromatic heterocycles. The lowest BCUT2D eigenvalue weighted by Crippen LogP contribution is -2.32. The first kappa shape index (κ1) is 25.7. The van der Waals surface area contributed by atoms with Crippen LogP contribution in [-0.4, -0.2) is 17.4 Å². The Labute approximate surface area is 205 Å². The van der Waals surface area contributed by atoms with E-state index in [1.165, 1.54) is 22.3 Å². The molecule has 34 heavy (non-hydrogen) atoms. The lowest BCUT2D eigenvalue weighted by atomic mass is 9.95. The highest BCUT2D eigenvalue weighted by atomic mass is 16.5. The summed E-state index contributed by atoms with van der Waals surface area (Å²) in [7, 11) is 0. The van der Waals surface area contributed by atoms with Gasteiger partial charge in [-0.25, -0.2) is 4.79 Å². The topological polar surface area (TPSA) is 29.5 Å². The number of carbonyl (C=O) groups excluding carboxylic acids is 1. The molecule has 3 heteroatoms. The van der Waals surface area contributed by atoms with Crippen molar-refractivity contribution >= 4 is 5.97 Å². The molecule has 0 aliphatic heterocycles. The van der Waals surface area contributed by atoms with Crippen LogP contribution in [0, 0.1) is 33.1 Å². The highest BCUT2D eigenvalue weighted by Gasteiger charge is 2.17. The van der Waals surface area contributed by atoms with Crippen LogP contribution < -0.4 is 0 Å². The Balaban J connectivity index is 1.64. The fourth-order valence-corrected chi connectivity index (χ4v) is 4.58. The molecule has 0 saturated heterocycles. The van der Waals surface area contributed by atoms with Crippen molar-refractivity contribution in [2.75, 3.05) is 6.54 Å². The SMILES string of the molecule is Cc1cc(C)cc(CN(Cc2ccc(COC(=O)c3cc(C)cc(C)c3)cc2)CC(C)(C)C)c1. The van der Waals surface area contributed by atoms with E-state index in [1.807, 2.05) is 26.0 Å². The van der Waals surface area contributed by atoms with Gasteiger partial charge in [0.15, 0.2) is 0 Å². The highest BCUT2D eigenvalue weighted by Crippen LogP contribution is 2.21. The molecule has 0 N–H and O–H groups in total. The molecule has 0 spiro atoms. The van der Waals surface area contributed by atoms with Crippen molar-refractivity contribution in [3.8, 4) is 0 Å². The van der Waals surface area contributed by atoms with Crippen molar-refractivity contribution < 1.29 is 9.53 Å². The molecule has 0 aliphatic rings. The summed E-state index contributed by atoms with van der Waals surface area (Å²) in [6.45, 7) is 18.3. The number of nitrogens with zero attached hydrogens (tertiary/aromatic N) is 1. The standard InChI is InChI=1S/C31H39NO2/c1-22-12-23(2)15-28(14-22)19-32(21-31(5,6)7)18-26-8-10-27(11-9-26)20-34-30(33)29-16-24(3)13-25(4)17-29/h8-17H,18-21H2,1-7H3. The van der Waals surface area contributed by atoms with Gasteiger partial charge in [0.2, 0.25) is 0 Å². The van der Waals surface area contributed by atoms with Gasteiger partial charge < -0.3 is 4.74 Å². The van der Waals surface area contributed by atoms with E-state index in [4.69, 9.17) is 4.74 Å². The lowest BCUT2D eigenvalue weighted by molar-refractivity contribution is 0.0472. The summed E-state index contributed by atoms with van der Waals surface area (Å²) in [6.07, 6.45) is 0. The van der Waals surface area contributed by atoms with Crippen molar-refractivity contribution in [2.45, 2.75) is 68.2 Å². The number of hydrogen-bond donors (Lipinski definition) is 0. The van der Waals surface area contributed by atoms with Crippen LogP contribution in [0.15, 0.2) is 60.7 Å². The van der Waals surface area contributed by atoms with E-state index in [2.05, 4.69) is 88.0 Å². The minimum atomic E-state index is -0.277. The number of hydrogen-bond acceptors (Lipinski definition) is 3. The molecule has 3 aromatic carbocycles. The molecular weight excluding hydrogens is 418 g/mol. The molecule has 3 nitrogen and oxygen atoms in total. The molecule has 0 fully saturated rings. The molecule has 0 amide bonds. The molecular formula is C31H39NO2. The monoisotopic (exact) mass is 457 g/mol. The van der Waals surface area contributed by atoms with E-state index in [0.29, 0.717) is 5.56 Å². The zero-order valence-electron chi connectivity index (χ0n) is 21.9. The minimum Gasteiger partial charge on any atom is -0.457 e. The van der Waals surface area contributed by atoms with E-state index < -0.39 is 0 Å². The third-order valence-electron chi connectivity index (χ3n) is 5.64. The summed E-state index contributed by atoms with van der Waals surface area (Å²) in [5.41, 5.74) is 9.19. The molecule has 0 saturated carbocycles. The van der Waals surface area contributed by atoms with E-state index in [0.717, 1.165) is 36.3 Å². The third kappa shape index (κ3) is 8.14. The molecule has 0 atom stereocenters. The van der Waals surface area contributed by atoms with Crippen LogP contribution in [0.3, 0.4) is 0 Å². The number of aryl methyl sites for hydroxylation is 4. The van der Waals surface area contributed by atoms with Crippen molar-refractivity contribution in [1.82, 2.24) is 4.90 Å². The Morgan fingerprint density at radius 3 is 1.71 bits per heavy atom. The summed E-state index contributed by atoms with van der Waals surface area (Å²) in [6, 6.07) is 21.0. The lowest BCUT2D eigenvalue weighted by Gasteiger charge is -2.30. The van der Waals surface area contributed by atoms with Crippen LogP contribution in [0.4, 0.5) is 0 Å². The fourth-order valence-electron chi connectivity index (χ4n) is 4.58. The minimum absolute atomic E-state index is 0.209. The quantitative estimate of drug-likeness (QED) is 0.332. The van der Waals surface area contributed by atoms with Crippen molar-refractivity contribution in [3.63, 3.8) is 0 Å². The van der Waals surface area contributed by atoms with Gasteiger partial charge in [-0.05, 0) is 61.9 Å². The van der Waals surface area contributed by atoms with E-state index >= 15 is 0 Å². The number of rotatable bonds is 8. The molecule has 180 valence electrons. The van der Waals surface area contributed by atoms with Crippen LogP contribution in [0.2, 0.25) is 0 Å². The summed E-state index contributed by atoms with van der Waals surface area (Å²) in [5.74, 6) is -0.277. The second-order valence-corrected chi connectivity index (χ2v) is 11.0. The molecule has 3 rings (SSSR count). The summed E-state index contributed by atoms with van der Waals surface area (Å²) in [4.78, 5) is 15.0. The first-order valence-electron chi connectivity index (χ1n) is 12.1. The zero-order valence-corrected chi connectivity index (χ0v) is 21.9. The maximum atomic E-state index is 12.5. The van der Waals surface area contributed by atoms with Gasteiger partial charge in [-0.1, -0.05) is 91.6 Å². The Kier molecular flexibility index (Phi) is 8.33. The summed E-state index contributed by atoms with van der Waals surface area (Å²) >= 11 is 0. The first-order chi connectivity index (χ1) is 16.0. The van der Waals surface area contributed by atoms with Gasteiger partial charge in [-0.2, -0.15) is 0 Å². The highest BCUT2D eigenvalue weighted by molar-refractivity contribution is 5.89. The molecule has 3 aromatic rings. The van der Waals surface area contributed by atoms with Gasteiger partial charge in [-0.3, -0.25) is 4.90 Å². The van der Waals surface area contributed by atoms with Crippen LogP contribution in [0.1, 0.15) is 70.1 Å². The van der Waals surface area contributed by atoms with E-state index in [-0.39, 0.29) is 18.0 Å². The average molecular weight is 458 g/mol.